The number of guanidine groups is 1. The van der Waals surface area contributed by atoms with Gasteiger partial charge in [-0.2, -0.15) is 13.2 Å². The van der Waals surface area contributed by atoms with Crippen LogP contribution in [0.25, 0.3) is 0 Å². The molecule has 0 aliphatic carbocycles. The highest BCUT2D eigenvalue weighted by atomic mass is 127. The lowest BCUT2D eigenvalue weighted by atomic mass is 10.1. The molecule has 5 nitrogen and oxygen atoms in total. The van der Waals surface area contributed by atoms with E-state index < -0.39 is 17.6 Å². The van der Waals surface area contributed by atoms with Gasteiger partial charge in [0.05, 0.1) is 18.3 Å². The molecule has 1 aliphatic rings. The van der Waals surface area contributed by atoms with Gasteiger partial charge in [-0.25, -0.2) is 4.39 Å². The molecule has 0 spiro atoms. The fraction of sp³-hybridized carbons (Fsp3) is 0.632. The van der Waals surface area contributed by atoms with E-state index in [0.717, 1.165) is 31.8 Å². The van der Waals surface area contributed by atoms with Crippen molar-refractivity contribution in [2.24, 2.45) is 10.9 Å². The van der Waals surface area contributed by atoms with E-state index in [1.54, 1.807) is 0 Å². The van der Waals surface area contributed by atoms with Crippen LogP contribution >= 0.6 is 24.0 Å². The van der Waals surface area contributed by atoms with E-state index in [1.165, 1.54) is 7.05 Å². The Hall–Kier alpha value is -1.14. The topological polar surface area (TPSA) is 48.9 Å². The third-order valence-corrected chi connectivity index (χ3v) is 4.39. The summed E-state index contributed by atoms with van der Waals surface area (Å²) >= 11 is 0. The second-order valence-electron chi connectivity index (χ2n) is 7.25. The van der Waals surface area contributed by atoms with Crippen molar-refractivity contribution in [1.82, 2.24) is 15.5 Å². The molecule has 1 atom stereocenters. The SMILES string of the molecule is CN=C(NCc1ccc(F)cc1C(F)(F)F)NCC1CN(CC(C)C)CCO1.I. The first-order valence-corrected chi connectivity index (χ1v) is 9.33. The standard InChI is InChI=1S/C19H28F4N4O.HI/c1-13(2)11-27-6-7-28-16(12-27)10-26-18(24-3)25-9-14-4-5-15(20)8-17(14)19(21,22)23;/h4-5,8,13,16H,6-7,9-12H2,1-3H3,(H2,24,25,26);1H. The molecule has 1 saturated heterocycles. The highest BCUT2D eigenvalue weighted by molar-refractivity contribution is 14.0. The summed E-state index contributed by atoms with van der Waals surface area (Å²) in [6.07, 6.45) is -4.64. The molecule has 0 radical (unpaired) electrons. The Balaban J connectivity index is 0.00000420. The van der Waals surface area contributed by atoms with Gasteiger partial charge < -0.3 is 15.4 Å². The Morgan fingerprint density at radius 3 is 2.66 bits per heavy atom. The monoisotopic (exact) mass is 532 g/mol. The first-order valence-electron chi connectivity index (χ1n) is 9.33. The minimum absolute atomic E-state index is 0. The van der Waals surface area contributed by atoms with Crippen LogP contribution in [0.2, 0.25) is 0 Å². The van der Waals surface area contributed by atoms with Gasteiger partial charge in [-0.3, -0.25) is 9.89 Å². The van der Waals surface area contributed by atoms with Crippen molar-refractivity contribution in [3.8, 4) is 0 Å². The number of benzene rings is 1. The van der Waals surface area contributed by atoms with Gasteiger partial charge in [0.1, 0.15) is 5.82 Å². The molecule has 1 unspecified atom stereocenters. The Morgan fingerprint density at radius 1 is 1.31 bits per heavy atom. The second kappa shape index (κ2) is 11.9. The second-order valence-corrected chi connectivity index (χ2v) is 7.25. The minimum Gasteiger partial charge on any atom is -0.374 e. The molecule has 29 heavy (non-hydrogen) atoms. The summed E-state index contributed by atoms with van der Waals surface area (Å²) in [5.74, 6) is 0.0145. The van der Waals surface area contributed by atoms with Gasteiger partial charge in [0, 0.05) is 39.8 Å². The van der Waals surface area contributed by atoms with Crippen LogP contribution in [0.5, 0.6) is 0 Å². The number of alkyl halides is 3. The summed E-state index contributed by atoms with van der Waals surface area (Å²) in [4.78, 5) is 6.37. The maximum absolute atomic E-state index is 13.2. The first-order chi connectivity index (χ1) is 13.2. The highest BCUT2D eigenvalue weighted by Crippen LogP contribution is 2.32. The summed E-state index contributed by atoms with van der Waals surface area (Å²) in [6, 6.07) is 2.65. The predicted molar refractivity (Wildman–Crippen MR) is 116 cm³/mol. The van der Waals surface area contributed by atoms with Gasteiger partial charge in [0.15, 0.2) is 5.96 Å². The first kappa shape index (κ1) is 25.9. The fourth-order valence-corrected chi connectivity index (χ4v) is 3.16. The van der Waals surface area contributed by atoms with Crippen molar-refractivity contribution in [3.63, 3.8) is 0 Å². The van der Waals surface area contributed by atoms with Crippen molar-refractivity contribution in [1.29, 1.82) is 0 Å². The normalized spacial score (nSPS) is 18.5. The largest absolute Gasteiger partial charge is 0.416 e. The van der Waals surface area contributed by atoms with E-state index in [0.29, 0.717) is 31.1 Å². The Labute approximate surface area is 186 Å². The maximum atomic E-state index is 13.2. The van der Waals surface area contributed by atoms with E-state index in [1.807, 2.05) is 0 Å². The lowest BCUT2D eigenvalue weighted by Crippen LogP contribution is -2.50. The van der Waals surface area contributed by atoms with Gasteiger partial charge >= 0.3 is 6.18 Å². The molecule has 0 amide bonds. The van der Waals surface area contributed by atoms with Crippen molar-refractivity contribution < 1.29 is 22.3 Å². The molecular formula is C19H29F4IN4O. The van der Waals surface area contributed by atoms with Gasteiger partial charge in [0.2, 0.25) is 0 Å². The maximum Gasteiger partial charge on any atom is 0.416 e. The summed E-state index contributed by atoms with van der Waals surface area (Å²) in [5, 5.41) is 5.93. The molecule has 1 heterocycles. The summed E-state index contributed by atoms with van der Waals surface area (Å²) < 4.78 is 58.2. The van der Waals surface area contributed by atoms with Crippen molar-refractivity contribution in [2.45, 2.75) is 32.7 Å². The van der Waals surface area contributed by atoms with E-state index >= 15 is 0 Å². The third-order valence-electron chi connectivity index (χ3n) is 4.39. The smallest absolute Gasteiger partial charge is 0.374 e. The quantitative estimate of drug-likeness (QED) is 0.255. The average Bonchev–Trinajstić information content (AvgIpc) is 2.61. The van der Waals surface area contributed by atoms with E-state index in [4.69, 9.17) is 4.74 Å². The van der Waals surface area contributed by atoms with Crippen molar-refractivity contribution in [2.75, 3.05) is 39.8 Å². The number of hydrogen-bond donors (Lipinski definition) is 2. The Kier molecular flexibility index (Phi) is 10.6. The predicted octanol–water partition coefficient (Wildman–Crippen LogP) is 3.48. The summed E-state index contributed by atoms with van der Waals surface area (Å²) in [5.41, 5.74) is -1.04. The van der Waals surface area contributed by atoms with Crippen LogP contribution in [0.4, 0.5) is 17.6 Å². The summed E-state index contributed by atoms with van der Waals surface area (Å²) in [6.45, 7) is 8.03. The Bertz CT molecular complexity index is 670. The molecule has 1 aliphatic heterocycles. The number of rotatable bonds is 6. The number of nitrogens with zero attached hydrogens (tertiary/aromatic N) is 2. The zero-order valence-corrected chi connectivity index (χ0v) is 19.2. The fourth-order valence-electron chi connectivity index (χ4n) is 3.16. The number of ether oxygens (including phenoxy) is 1. The highest BCUT2D eigenvalue weighted by Gasteiger charge is 2.33. The van der Waals surface area contributed by atoms with Gasteiger partial charge in [-0.05, 0) is 23.6 Å². The van der Waals surface area contributed by atoms with Gasteiger partial charge in [-0.1, -0.05) is 19.9 Å². The third kappa shape index (κ3) is 8.63. The molecule has 2 N–H and O–H groups in total. The zero-order chi connectivity index (χ0) is 20.7. The average molecular weight is 532 g/mol. The molecule has 1 aromatic carbocycles. The molecule has 166 valence electrons. The lowest BCUT2D eigenvalue weighted by molar-refractivity contribution is -0.138. The Morgan fingerprint density at radius 2 is 2.03 bits per heavy atom. The number of halogens is 5. The van der Waals surface area contributed by atoms with Crippen LogP contribution in [-0.2, 0) is 17.5 Å². The van der Waals surface area contributed by atoms with Gasteiger partial charge in [-0.15, -0.1) is 24.0 Å². The number of nitrogens with one attached hydrogen (secondary N) is 2. The van der Waals surface area contributed by atoms with Crippen LogP contribution in [0.15, 0.2) is 23.2 Å². The lowest BCUT2D eigenvalue weighted by Gasteiger charge is -2.34. The van der Waals surface area contributed by atoms with Crippen LogP contribution < -0.4 is 10.6 Å². The molecule has 10 heteroatoms. The van der Waals surface area contributed by atoms with Crippen LogP contribution in [0.1, 0.15) is 25.0 Å². The van der Waals surface area contributed by atoms with Gasteiger partial charge in [0.25, 0.3) is 0 Å². The van der Waals surface area contributed by atoms with Crippen LogP contribution in [0.3, 0.4) is 0 Å². The molecular weight excluding hydrogens is 503 g/mol. The van der Waals surface area contributed by atoms with E-state index in [2.05, 4.69) is 34.4 Å². The number of morpholine rings is 1. The molecule has 0 aromatic heterocycles. The molecule has 2 rings (SSSR count). The van der Waals surface area contributed by atoms with E-state index in [-0.39, 0.29) is 42.2 Å². The van der Waals surface area contributed by atoms with Crippen molar-refractivity contribution >= 4 is 29.9 Å². The molecule has 1 fully saturated rings. The van der Waals surface area contributed by atoms with Crippen molar-refractivity contribution in [3.05, 3.63) is 35.1 Å². The minimum atomic E-state index is -4.62. The molecule has 0 saturated carbocycles. The number of aliphatic imine (C=N–C) groups is 1. The van der Waals surface area contributed by atoms with Crippen LogP contribution in [-0.4, -0.2) is 56.8 Å². The number of hydrogen-bond acceptors (Lipinski definition) is 3. The zero-order valence-electron chi connectivity index (χ0n) is 16.9. The van der Waals surface area contributed by atoms with E-state index in [9.17, 15) is 17.6 Å². The summed E-state index contributed by atoms with van der Waals surface area (Å²) in [7, 11) is 1.54. The molecule has 0 bridgehead atoms. The molecule has 1 aromatic rings. The van der Waals surface area contributed by atoms with Crippen LogP contribution in [0, 0.1) is 11.7 Å².